The Labute approximate surface area is 168 Å². The smallest absolute Gasteiger partial charge is 0.257 e. The van der Waals surface area contributed by atoms with Gasteiger partial charge in [0.05, 0.1) is 19.6 Å². The molecular weight excluding hydrogens is 383 g/mol. The van der Waals surface area contributed by atoms with Crippen LogP contribution in [0.15, 0.2) is 30.6 Å². The number of carbonyl (C=O) groups is 1. The third kappa shape index (κ3) is 3.51. The van der Waals surface area contributed by atoms with Gasteiger partial charge in [-0.25, -0.2) is 14.4 Å². The van der Waals surface area contributed by atoms with E-state index < -0.39 is 5.82 Å². The van der Waals surface area contributed by atoms with Crippen LogP contribution in [0.4, 0.5) is 10.2 Å². The molecule has 8 heteroatoms. The van der Waals surface area contributed by atoms with E-state index in [1.54, 1.807) is 31.6 Å². The molecule has 2 aromatic rings. The maximum atomic E-state index is 14.1. The summed E-state index contributed by atoms with van der Waals surface area (Å²) < 4.78 is 19.4. The molecule has 2 saturated heterocycles. The molecule has 0 saturated carbocycles. The molecular formula is C20H22ClFN4O2. The van der Waals surface area contributed by atoms with Gasteiger partial charge < -0.3 is 14.5 Å². The van der Waals surface area contributed by atoms with E-state index in [4.69, 9.17) is 16.3 Å². The fourth-order valence-electron chi connectivity index (χ4n) is 4.28. The highest BCUT2D eigenvalue weighted by Gasteiger charge is 2.41. The van der Waals surface area contributed by atoms with Gasteiger partial charge in [0.2, 0.25) is 5.91 Å². The monoisotopic (exact) mass is 404 g/mol. The van der Waals surface area contributed by atoms with Crippen molar-refractivity contribution in [2.45, 2.75) is 25.3 Å². The number of halogens is 2. The Morgan fingerprint density at radius 2 is 2.07 bits per heavy atom. The lowest BCUT2D eigenvalue weighted by atomic mass is 9.92. The summed E-state index contributed by atoms with van der Waals surface area (Å²) >= 11 is 6.11. The van der Waals surface area contributed by atoms with E-state index in [-0.39, 0.29) is 23.9 Å². The van der Waals surface area contributed by atoms with Crippen molar-refractivity contribution in [3.63, 3.8) is 0 Å². The molecule has 0 radical (unpaired) electrons. The van der Waals surface area contributed by atoms with Gasteiger partial charge in [0.25, 0.3) is 5.88 Å². The number of benzene rings is 1. The summed E-state index contributed by atoms with van der Waals surface area (Å²) in [4.78, 5) is 25.6. The molecule has 2 aliphatic rings. The zero-order valence-electron chi connectivity index (χ0n) is 15.6. The van der Waals surface area contributed by atoms with E-state index >= 15 is 0 Å². The highest BCUT2D eigenvalue weighted by molar-refractivity contribution is 6.31. The second-order valence-corrected chi connectivity index (χ2v) is 7.61. The van der Waals surface area contributed by atoms with Gasteiger partial charge in [-0.15, -0.1) is 0 Å². The average molecular weight is 405 g/mol. The van der Waals surface area contributed by atoms with Crippen molar-refractivity contribution in [3.05, 3.63) is 47.0 Å². The van der Waals surface area contributed by atoms with Crippen LogP contribution in [0.1, 0.15) is 18.4 Å². The minimum absolute atomic E-state index is 0.0246. The molecule has 28 heavy (non-hydrogen) atoms. The van der Waals surface area contributed by atoms with Gasteiger partial charge in [-0.05, 0) is 30.9 Å². The molecule has 2 unspecified atom stereocenters. The van der Waals surface area contributed by atoms with Crippen molar-refractivity contribution < 1.29 is 13.9 Å². The number of fused-ring (bicyclic) bond motifs is 1. The van der Waals surface area contributed by atoms with Crippen LogP contribution in [0.3, 0.4) is 0 Å². The first-order valence-corrected chi connectivity index (χ1v) is 9.78. The highest BCUT2D eigenvalue weighted by atomic mass is 35.5. The fourth-order valence-corrected chi connectivity index (χ4v) is 4.51. The second kappa shape index (κ2) is 7.91. The molecule has 3 heterocycles. The van der Waals surface area contributed by atoms with Gasteiger partial charge in [0, 0.05) is 42.6 Å². The molecule has 148 valence electrons. The van der Waals surface area contributed by atoms with Crippen LogP contribution < -0.4 is 9.64 Å². The number of ether oxygens (including phenoxy) is 1. The Balaban J connectivity index is 1.51. The number of hydrogen-bond donors (Lipinski definition) is 0. The molecule has 6 nitrogen and oxygen atoms in total. The number of amides is 1. The highest BCUT2D eigenvalue weighted by Crippen LogP contribution is 2.35. The van der Waals surface area contributed by atoms with Gasteiger partial charge in [-0.3, -0.25) is 4.79 Å². The van der Waals surface area contributed by atoms with E-state index in [0.29, 0.717) is 35.7 Å². The molecule has 2 aliphatic heterocycles. The summed E-state index contributed by atoms with van der Waals surface area (Å²) in [6.07, 6.45) is 5.14. The van der Waals surface area contributed by atoms with E-state index in [2.05, 4.69) is 14.9 Å². The Bertz CT molecular complexity index is 861. The summed E-state index contributed by atoms with van der Waals surface area (Å²) in [7, 11) is 1.57. The van der Waals surface area contributed by atoms with Gasteiger partial charge in [0.15, 0.2) is 5.82 Å². The number of anilines is 1. The van der Waals surface area contributed by atoms with Gasteiger partial charge >= 0.3 is 0 Å². The van der Waals surface area contributed by atoms with Gasteiger partial charge in [-0.1, -0.05) is 17.7 Å². The number of methoxy groups -OCH3 is 1. The van der Waals surface area contributed by atoms with Crippen molar-refractivity contribution in [2.75, 3.05) is 31.6 Å². The topological polar surface area (TPSA) is 58.6 Å². The number of carbonyl (C=O) groups excluding carboxylic acids is 1. The molecule has 1 aromatic heterocycles. The Hall–Kier alpha value is -2.41. The second-order valence-electron chi connectivity index (χ2n) is 7.20. The van der Waals surface area contributed by atoms with Crippen LogP contribution in [-0.4, -0.2) is 53.6 Å². The lowest BCUT2D eigenvalue weighted by Crippen LogP contribution is -2.50. The van der Waals surface area contributed by atoms with Crippen LogP contribution in [0.5, 0.6) is 5.88 Å². The maximum absolute atomic E-state index is 14.1. The van der Waals surface area contributed by atoms with E-state index in [1.165, 1.54) is 6.07 Å². The van der Waals surface area contributed by atoms with Crippen molar-refractivity contribution in [3.8, 4) is 5.88 Å². The molecule has 0 N–H and O–H groups in total. The van der Waals surface area contributed by atoms with Crippen LogP contribution in [-0.2, 0) is 11.2 Å². The predicted molar refractivity (Wildman–Crippen MR) is 104 cm³/mol. The number of rotatable bonds is 4. The Morgan fingerprint density at radius 3 is 2.86 bits per heavy atom. The molecule has 1 aromatic carbocycles. The van der Waals surface area contributed by atoms with Gasteiger partial charge in [0.1, 0.15) is 5.82 Å². The predicted octanol–water partition coefficient (Wildman–Crippen LogP) is 2.95. The third-order valence-corrected chi connectivity index (χ3v) is 6.07. The molecule has 4 rings (SSSR count). The van der Waals surface area contributed by atoms with Crippen LogP contribution >= 0.6 is 11.6 Å². The Kier molecular flexibility index (Phi) is 5.35. The minimum Gasteiger partial charge on any atom is -0.478 e. The molecule has 1 amide bonds. The molecule has 2 fully saturated rings. The van der Waals surface area contributed by atoms with E-state index in [9.17, 15) is 9.18 Å². The van der Waals surface area contributed by atoms with Crippen LogP contribution in [0.25, 0.3) is 0 Å². The van der Waals surface area contributed by atoms with E-state index in [0.717, 1.165) is 19.4 Å². The standard InChI is InChI=1S/C20H22ClFN4O2/c1-28-20-19(23-7-8-24-20)25-9-5-13-6-10-26(17(13)12-25)18(27)11-14-15(21)3-2-4-16(14)22/h2-4,7-8,13,17H,5-6,9-12H2,1H3. The maximum Gasteiger partial charge on any atom is 0.257 e. The average Bonchev–Trinajstić information content (AvgIpc) is 3.14. The van der Waals surface area contributed by atoms with E-state index in [1.807, 2.05) is 4.90 Å². The van der Waals surface area contributed by atoms with Crippen LogP contribution in [0, 0.1) is 11.7 Å². The number of hydrogen-bond acceptors (Lipinski definition) is 5. The first-order valence-electron chi connectivity index (χ1n) is 9.40. The van der Waals surface area contributed by atoms with Crippen molar-refractivity contribution in [1.82, 2.24) is 14.9 Å². The molecule has 0 bridgehead atoms. The summed E-state index contributed by atoms with van der Waals surface area (Å²) in [6, 6.07) is 4.57. The van der Waals surface area contributed by atoms with Crippen LogP contribution in [0.2, 0.25) is 5.02 Å². The third-order valence-electron chi connectivity index (χ3n) is 5.71. The lowest BCUT2D eigenvalue weighted by molar-refractivity contribution is -0.131. The van der Waals surface area contributed by atoms with Crippen molar-refractivity contribution in [2.24, 2.45) is 5.92 Å². The number of likely N-dealkylation sites (tertiary alicyclic amines) is 1. The summed E-state index contributed by atoms with van der Waals surface area (Å²) in [6.45, 7) is 2.19. The molecule has 0 spiro atoms. The number of aromatic nitrogens is 2. The summed E-state index contributed by atoms with van der Waals surface area (Å²) in [5, 5.41) is 0.290. The largest absolute Gasteiger partial charge is 0.478 e. The summed E-state index contributed by atoms with van der Waals surface area (Å²) in [5.41, 5.74) is 0.265. The quantitative estimate of drug-likeness (QED) is 0.784. The number of nitrogens with zero attached hydrogens (tertiary/aromatic N) is 4. The fraction of sp³-hybridized carbons (Fsp3) is 0.450. The zero-order chi connectivity index (χ0) is 19.7. The first-order chi connectivity index (χ1) is 13.6. The van der Waals surface area contributed by atoms with Crippen molar-refractivity contribution >= 4 is 23.3 Å². The van der Waals surface area contributed by atoms with Crippen molar-refractivity contribution in [1.29, 1.82) is 0 Å². The SMILES string of the molecule is COc1nccnc1N1CCC2CCN(C(=O)Cc3c(F)cccc3Cl)C2C1. The molecule has 0 aliphatic carbocycles. The normalized spacial score (nSPS) is 21.5. The molecule has 2 atom stereocenters. The first kappa shape index (κ1) is 18.9. The lowest BCUT2D eigenvalue weighted by Gasteiger charge is -2.39. The Morgan fingerprint density at radius 1 is 1.29 bits per heavy atom. The zero-order valence-corrected chi connectivity index (χ0v) is 16.4. The summed E-state index contributed by atoms with van der Waals surface area (Å²) in [5.74, 6) is 1.09. The minimum atomic E-state index is -0.439. The van der Waals surface area contributed by atoms with Gasteiger partial charge in [-0.2, -0.15) is 0 Å². The number of piperidine rings is 1.